The van der Waals surface area contributed by atoms with E-state index in [0.717, 1.165) is 19.4 Å². The number of cyclic esters (lactones) is 1. The van der Waals surface area contributed by atoms with Crippen LogP contribution in [-0.4, -0.2) is 59.9 Å². The van der Waals surface area contributed by atoms with Gasteiger partial charge < -0.3 is 19.3 Å². The lowest BCUT2D eigenvalue weighted by Crippen LogP contribution is -2.53. The van der Waals surface area contributed by atoms with Crippen LogP contribution in [0.3, 0.4) is 0 Å². The Hall–Kier alpha value is -1.46. The molecule has 0 unspecified atom stereocenters. The number of carbonyl (C=O) groups is 2. The number of nitrogens with zero attached hydrogens (tertiary/aromatic N) is 2. The van der Waals surface area contributed by atoms with Crippen molar-refractivity contribution in [3.63, 3.8) is 0 Å². The van der Waals surface area contributed by atoms with Crippen LogP contribution in [-0.2, 0) is 9.47 Å². The minimum absolute atomic E-state index is 0.0938. The Labute approximate surface area is 163 Å². The zero-order valence-corrected chi connectivity index (χ0v) is 17.5. The van der Waals surface area contributed by atoms with Crippen molar-refractivity contribution < 1.29 is 19.1 Å². The summed E-state index contributed by atoms with van der Waals surface area (Å²) in [6.07, 6.45) is 7.85. The summed E-state index contributed by atoms with van der Waals surface area (Å²) in [5.41, 5.74) is -0.375. The molecule has 1 aliphatic carbocycles. The molecule has 2 aliphatic heterocycles. The average Bonchev–Trinajstić information content (AvgIpc) is 2.93. The van der Waals surface area contributed by atoms with Crippen molar-refractivity contribution in [2.45, 2.75) is 84.3 Å². The van der Waals surface area contributed by atoms with Crippen LogP contribution >= 0.6 is 0 Å². The molecule has 2 heterocycles. The number of hydrogen-bond donors (Lipinski definition) is 0. The molecule has 6 nitrogen and oxygen atoms in total. The molecule has 0 bridgehead atoms. The molecule has 2 saturated heterocycles. The smallest absolute Gasteiger partial charge is 0.410 e. The zero-order valence-electron chi connectivity index (χ0n) is 17.5. The summed E-state index contributed by atoms with van der Waals surface area (Å²) in [4.78, 5) is 28.5. The summed E-state index contributed by atoms with van der Waals surface area (Å²) in [7, 11) is 0. The van der Waals surface area contributed by atoms with E-state index in [1.165, 1.54) is 32.1 Å². The van der Waals surface area contributed by atoms with Crippen molar-refractivity contribution in [2.24, 2.45) is 11.3 Å². The summed E-state index contributed by atoms with van der Waals surface area (Å²) in [5.74, 6) is 0.632. The maximum atomic E-state index is 12.5. The first-order valence-corrected chi connectivity index (χ1v) is 10.6. The Balaban J connectivity index is 1.70. The molecule has 0 N–H and O–H groups in total. The predicted molar refractivity (Wildman–Crippen MR) is 104 cm³/mol. The van der Waals surface area contributed by atoms with E-state index in [1.807, 2.05) is 30.6 Å². The molecule has 6 heteroatoms. The van der Waals surface area contributed by atoms with Gasteiger partial charge in [0.2, 0.25) is 0 Å². The van der Waals surface area contributed by atoms with Gasteiger partial charge in [-0.25, -0.2) is 9.59 Å². The molecule has 154 valence electrons. The maximum Gasteiger partial charge on any atom is 0.410 e. The van der Waals surface area contributed by atoms with Gasteiger partial charge in [-0.1, -0.05) is 19.3 Å². The number of likely N-dealkylation sites (tertiary alicyclic amines) is 1. The van der Waals surface area contributed by atoms with E-state index >= 15 is 0 Å². The van der Waals surface area contributed by atoms with Gasteiger partial charge in [-0.15, -0.1) is 0 Å². The minimum Gasteiger partial charge on any atom is -0.447 e. The standard InChI is InChI=1S/C21H36N2O4/c1-16-14-26-19(25)23(16)15-21(17-8-6-5-7-9-17)10-12-22(13-11-21)18(24)27-20(2,3)4/h16-17H,5-15H2,1-4H3/t16-/m0/s1. The largest absolute Gasteiger partial charge is 0.447 e. The fraction of sp³-hybridized carbons (Fsp3) is 0.905. The van der Waals surface area contributed by atoms with Crippen LogP contribution in [0.15, 0.2) is 0 Å². The Morgan fingerprint density at radius 3 is 2.33 bits per heavy atom. The zero-order chi connectivity index (χ0) is 19.7. The summed E-state index contributed by atoms with van der Waals surface area (Å²) in [5, 5.41) is 0. The molecule has 0 spiro atoms. The number of rotatable bonds is 3. The third-order valence-corrected chi connectivity index (χ3v) is 6.58. The van der Waals surface area contributed by atoms with Crippen molar-refractivity contribution in [1.82, 2.24) is 9.80 Å². The van der Waals surface area contributed by atoms with Crippen LogP contribution in [0, 0.1) is 11.3 Å². The van der Waals surface area contributed by atoms with Crippen LogP contribution in [0.25, 0.3) is 0 Å². The SMILES string of the molecule is C[C@H]1COC(=O)N1CC1(C2CCCCC2)CCN(C(=O)OC(C)(C)C)CC1. The van der Waals surface area contributed by atoms with Gasteiger partial charge >= 0.3 is 12.2 Å². The lowest BCUT2D eigenvalue weighted by atomic mass is 9.63. The molecule has 0 aromatic heterocycles. The highest BCUT2D eigenvalue weighted by atomic mass is 16.6. The molecule has 1 atom stereocenters. The lowest BCUT2D eigenvalue weighted by molar-refractivity contribution is -0.0165. The normalized spacial score (nSPS) is 26.8. The summed E-state index contributed by atoms with van der Waals surface area (Å²) < 4.78 is 10.8. The van der Waals surface area contributed by atoms with E-state index in [-0.39, 0.29) is 23.6 Å². The number of ether oxygens (including phenoxy) is 2. The Morgan fingerprint density at radius 1 is 1.19 bits per heavy atom. The highest BCUT2D eigenvalue weighted by Gasteiger charge is 2.46. The Morgan fingerprint density at radius 2 is 1.81 bits per heavy atom. The monoisotopic (exact) mass is 380 g/mol. The topological polar surface area (TPSA) is 59.1 Å². The van der Waals surface area contributed by atoms with E-state index in [2.05, 4.69) is 6.92 Å². The fourth-order valence-electron chi connectivity index (χ4n) is 4.98. The van der Waals surface area contributed by atoms with Crippen LogP contribution in [0.1, 0.15) is 72.6 Å². The van der Waals surface area contributed by atoms with Crippen molar-refractivity contribution in [2.75, 3.05) is 26.2 Å². The summed E-state index contributed by atoms with van der Waals surface area (Å²) in [6.45, 7) is 10.5. The first kappa shape index (κ1) is 20.3. The number of piperidine rings is 1. The summed E-state index contributed by atoms with van der Waals surface area (Å²) in [6, 6.07) is 0.141. The predicted octanol–water partition coefficient (Wildman–Crippen LogP) is 4.42. The molecule has 3 rings (SSSR count). The molecule has 3 fully saturated rings. The number of carbonyl (C=O) groups excluding carboxylic acids is 2. The molecule has 0 aromatic rings. The van der Waals surface area contributed by atoms with Gasteiger partial charge in [0.15, 0.2) is 0 Å². The molecule has 0 radical (unpaired) electrons. The molecule has 27 heavy (non-hydrogen) atoms. The van der Waals surface area contributed by atoms with E-state index in [0.29, 0.717) is 25.6 Å². The van der Waals surface area contributed by atoms with Gasteiger partial charge in [0, 0.05) is 19.6 Å². The molecular weight excluding hydrogens is 344 g/mol. The Bertz CT molecular complexity index is 543. The first-order chi connectivity index (χ1) is 12.7. The van der Waals surface area contributed by atoms with E-state index in [9.17, 15) is 9.59 Å². The molecule has 2 amide bonds. The molecule has 3 aliphatic rings. The van der Waals surface area contributed by atoms with Gasteiger partial charge in [-0.2, -0.15) is 0 Å². The van der Waals surface area contributed by atoms with E-state index in [4.69, 9.17) is 9.47 Å². The van der Waals surface area contributed by atoms with Crippen molar-refractivity contribution in [3.05, 3.63) is 0 Å². The second-order valence-electron chi connectivity index (χ2n) is 9.72. The molecule has 0 aromatic carbocycles. The van der Waals surface area contributed by atoms with Crippen LogP contribution in [0.4, 0.5) is 9.59 Å². The van der Waals surface area contributed by atoms with Gasteiger partial charge in [0.1, 0.15) is 12.2 Å². The van der Waals surface area contributed by atoms with Crippen LogP contribution in [0.5, 0.6) is 0 Å². The first-order valence-electron chi connectivity index (χ1n) is 10.6. The second kappa shape index (κ2) is 7.88. The van der Waals surface area contributed by atoms with E-state index < -0.39 is 5.60 Å². The highest BCUT2D eigenvalue weighted by Crippen LogP contribution is 2.47. The van der Waals surface area contributed by atoms with Gasteiger partial charge in [0.25, 0.3) is 0 Å². The number of amides is 2. The third kappa shape index (κ3) is 4.69. The molecule has 1 saturated carbocycles. The molecular formula is C21H36N2O4. The Kier molecular flexibility index (Phi) is 5.92. The third-order valence-electron chi connectivity index (χ3n) is 6.58. The van der Waals surface area contributed by atoms with Crippen molar-refractivity contribution >= 4 is 12.2 Å². The maximum absolute atomic E-state index is 12.5. The van der Waals surface area contributed by atoms with Gasteiger partial charge in [-0.05, 0) is 64.7 Å². The minimum atomic E-state index is -0.469. The van der Waals surface area contributed by atoms with Crippen molar-refractivity contribution in [3.8, 4) is 0 Å². The van der Waals surface area contributed by atoms with Gasteiger partial charge in [-0.3, -0.25) is 0 Å². The quantitative estimate of drug-likeness (QED) is 0.727. The highest BCUT2D eigenvalue weighted by molar-refractivity contribution is 5.70. The summed E-state index contributed by atoms with van der Waals surface area (Å²) >= 11 is 0. The second-order valence-corrected chi connectivity index (χ2v) is 9.72. The number of hydrogen-bond acceptors (Lipinski definition) is 4. The van der Waals surface area contributed by atoms with E-state index in [1.54, 1.807) is 0 Å². The average molecular weight is 381 g/mol. The van der Waals surface area contributed by atoms with Crippen LogP contribution < -0.4 is 0 Å². The van der Waals surface area contributed by atoms with Crippen molar-refractivity contribution in [1.29, 1.82) is 0 Å². The van der Waals surface area contributed by atoms with Gasteiger partial charge in [0.05, 0.1) is 6.04 Å². The fourth-order valence-corrected chi connectivity index (χ4v) is 4.98. The van der Waals surface area contributed by atoms with Crippen LogP contribution in [0.2, 0.25) is 0 Å². The lowest BCUT2D eigenvalue weighted by Gasteiger charge is -2.49.